The number of carbonyl (C=O) groups is 1. The van der Waals surface area contributed by atoms with Crippen molar-refractivity contribution in [3.63, 3.8) is 0 Å². The number of aryl methyl sites for hydroxylation is 1. The maximum absolute atomic E-state index is 10.7. The van der Waals surface area contributed by atoms with E-state index in [2.05, 4.69) is 4.98 Å². The largest absolute Gasteiger partial charge is 0.329 e. The molecule has 0 aliphatic rings. The molecule has 0 amide bonds. The van der Waals surface area contributed by atoms with Crippen LogP contribution in [0.25, 0.3) is 0 Å². The van der Waals surface area contributed by atoms with Gasteiger partial charge in [-0.3, -0.25) is 4.79 Å². The SMILES string of the molecule is Cc1cc(C=O)cnc1N(C)c1ccccc1. The molecule has 0 fully saturated rings. The van der Waals surface area contributed by atoms with Gasteiger partial charge in [-0.25, -0.2) is 4.98 Å². The summed E-state index contributed by atoms with van der Waals surface area (Å²) in [6.45, 7) is 1.95. The molecule has 0 aliphatic heterocycles. The Bertz CT molecular complexity index is 523. The minimum atomic E-state index is 0.604. The van der Waals surface area contributed by atoms with Crippen LogP contribution in [0.1, 0.15) is 15.9 Å². The van der Waals surface area contributed by atoms with Crippen molar-refractivity contribution in [3.8, 4) is 0 Å². The summed E-state index contributed by atoms with van der Waals surface area (Å²) in [6.07, 6.45) is 2.40. The number of carbonyl (C=O) groups excluding carboxylic acids is 1. The van der Waals surface area contributed by atoms with E-state index in [4.69, 9.17) is 0 Å². The van der Waals surface area contributed by atoms with Gasteiger partial charge in [0.2, 0.25) is 0 Å². The maximum Gasteiger partial charge on any atom is 0.151 e. The molecular formula is C14H14N2O. The van der Waals surface area contributed by atoms with Crippen molar-refractivity contribution in [1.82, 2.24) is 4.98 Å². The lowest BCUT2D eigenvalue weighted by Gasteiger charge is -2.20. The number of aldehydes is 1. The van der Waals surface area contributed by atoms with Gasteiger partial charge in [-0.1, -0.05) is 18.2 Å². The first-order chi connectivity index (χ1) is 8.22. The number of pyridine rings is 1. The van der Waals surface area contributed by atoms with Gasteiger partial charge in [-0.15, -0.1) is 0 Å². The summed E-state index contributed by atoms with van der Waals surface area (Å²) in [7, 11) is 1.96. The molecule has 86 valence electrons. The van der Waals surface area contributed by atoms with E-state index in [0.29, 0.717) is 5.56 Å². The fourth-order valence-corrected chi connectivity index (χ4v) is 1.78. The zero-order valence-corrected chi connectivity index (χ0v) is 9.92. The van der Waals surface area contributed by atoms with Crippen molar-refractivity contribution in [1.29, 1.82) is 0 Å². The molecule has 0 bridgehead atoms. The van der Waals surface area contributed by atoms with Gasteiger partial charge < -0.3 is 4.90 Å². The van der Waals surface area contributed by atoms with Crippen LogP contribution in [0.2, 0.25) is 0 Å². The van der Waals surface area contributed by atoms with E-state index in [9.17, 15) is 4.79 Å². The number of hydrogen-bond acceptors (Lipinski definition) is 3. The first-order valence-electron chi connectivity index (χ1n) is 5.43. The van der Waals surface area contributed by atoms with E-state index >= 15 is 0 Å². The molecule has 17 heavy (non-hydrogen) atoms. The highest BCUT2D eigenvalue weighted by atomic mass is 16.1. The fraction of sp³-hybridized carbons (Fsp3) is 0.143. The Morgan fingerprint density at radius 3 is 2.53 bits per heavy atom. The van der Waals surface area contributed by atoms with Gasteiger partial charge in [-0.2, -0.15) is 0 Å². The molecule has 0 saturated carbocycles. The van der Waals surface area contributed by atoms with E-state index in [1.54, 1.807) is 6.20 Å². The van der Waals surface area contributed by atoms with Gasteiger partial charge in [0.25, 0.3) is 0 Å². The van der Waals surface area contributed by atoms with Crippen LogP contribution in [0, 0.1) is 6.92 Å². The van der Waals surface area contributed by atoms with Crippen LogP contribution < -0.4 is 4.90 Å². The first-order valence-corrected chi connectivity index (χ1v) is 5.43. The highest BCUT2D eigenvalue weighted by Crippen LogP contribution is 2.24. The zero-order chi connectivity index (χ0) is 12.3. The smallest absolute Gasteiger partial charge is 0.151 e. The number of rotatable bonds is 3. The van der Waals surface area contributed by atoms with E-state index in [1.165, 1.54) is 0 Å². The van der Waals surface area contributed by atoms with Crippen LogP contribution >= 0.6 is 0 Å². The normalized spacial score (nSPS) is 10.0. The van der Waals surface area contributed by atoms with Gasteiger partial charge in [0.1, 0.15) is 5.82 Å². The monoisotopic (exact) mass is 226 g/mol. The third-order valence-electron chi connectivity index (χ3n) is 2.67. The quantitative estimate of drug-likeness (QED) is 0.754. The molecule has 0 aliphatic carbocycles. The Kier molecular flexibility index (Phi) is 3.19. The molecule has 0 radical (unpaired) electrons. The predicted octanol–water partition coefficient (Wildman–Crippen LogP) is 2.97. The molecule has 2 aromatic rings. The lowest BCUT2D eigenvalue weighted by atomic mass is 10.2. The van der Waals surface area contributed by atoms with E-state index in [1.807, 2.05) is 55.3 Å². The summed E-state index contributed by atoms with van der Waals surface area (Å²) in [5.41, 5.74) is 2.66. The Labute approximate surface area is 101 Å². The Morgan fingerprint density at radius 1 is 1.24 bits per heavy atom. The molecular weight excluding hydrogens is 212 g/mol. The average Bonchev–Trinajstić information content (AvgIpc) is 2.39. The number of nitrogens with zero attached hydrogens (tertiary/aromatic N) is 2. The topological polar surface area (TPSA) is 33.2 Å². The van der Waals surface area contributed by atoms with Crippen LogP contribution in [0.15, 0.2) is 42.6 Å². The Balaban J connectivity index is 2.38. The highest BCUT2D eigenvalue weighted by Gasteiger charge is 2.08. The van der Waals surface area contributed by atoms with Crippen molar-refractivity contribution in [3.05, 3.63) is 53.7 Å². The number of aromatic nitrogens is 1. The van der Waals surface area contributed by atoms with Crippen molar-refractivity contribution in [2.75, 3.05) is 11.9 Å². The predicted molar refractivity (Wildman–Crippen MR) is 68.9 cm³/mol. The molecule has 0 unspecified atom stereocenters. The van der Waals surface area contributed by atoms with Crippen molar-refractivity contribution >= 4 is 17.8 Å². The molecule has 2 rings (SSSR count). The van der Waals surface area contributed by atoms with Gasteiger partial charge >= 0.3 is 0 Å². The summed E-state index contributed by atoms with van der Waals surface area (Å²) in [5, 5.41) is 0. The molecule has 3 nitrogen and oxygen atoms in total. The minimum absolute atomic E-state index is 0.604. The molecule has 0 spiro atoms. The van der Waals surface area contributed by atoms with Crippen molar-refractivity contribution in [2.45, 2.75) is 6.92 Å². The van der Waals surface area contributed by atoms with Crippen LogP contribution in [0.4, 0.5) is 11.5 Å². The second kappa shape index (κ2) is 4.78. The second-order valence-electron chi connectivity index (χ2n) is 3.92. The number of para-hydroxylation sites is 1. The molecule has 1 aromatic heterocycles. The molecule has 0 atom stereocenters. The molecule has 1 heterocycles. The summed E-state index contributed by atoms with van der Waals surface area (Å²) in [5.74, 6) is 0.863. The summed E-state index contributed by atoms with van der Waals surface area (Å²) < 4.78 is 0. The second-order valence-corrected chi connectivity index (χ2v) is 3.92. The van der Waals surface area contributed by atoms with E-state index in [-0.39, 0.29) is 0 Å². The summed E-state index contributed by atoms with van der Waals surface area (Å²) >= 11 is 0. The summed E-state index contributed by atoms with van der Waals surface area (Å²) in [6, 6.07) is 11.8. The standard InChI is InChI=1S/C14H14N2O/c1-11-8-12(10-17)9-15-14(11)16(2)13-6-4-3-5-7-13/h3-10H,1-2H3. The lowest BCUT2D eigenvalue weighted by Crippen LogP contribution is -2.12. The molecule has 1 aromatic carbocycles. The third-order valence-corrected chi connectivity index (χ3v) is 2.67. The molecule has 0 N–H and O–H groups in total. The maximum atomic E-state index is 10.7. The van der Waals surface area contributed by atoms with Gasteiger partial charge in [0.05, 0.1) is 0 Å². The van der Waals surface area contributed by atoms with Crippen molar-refractivity contribution < 1.29 is 4.79 Å². The Hall–Kier alpha value is -2.16. The van der Waals surface area contributed by atoms with Crippen LogP contribution in [-0.4, -0.2) is 18.3 Å². The fourth-order valence-electron chi connectivity index (χ4n) is 1.78. The summed E-state index contributed by atoms with van der Waals surface area (Å²) in [4.78, 5) is 17.0. The minimum Gasteiger partial charge on any atom is -0.329 e. The van der Waals surface area contributed by atoms with E-state index < -0.39 is 0 Å². The molecule has 3 heteroatoms. The zero-order valence-electron chi connectivity index (χ0n) is 9.92. The Morgan fingerprint density at radius 2 is 1.94 bits per heavy atom. The average molecular weight is 226 g/mol. The first kappa shape index (κ1) is 11.3. The molecule has 0 saturated heterocycles. The van der Waals surface area contributed by atoms with Gasteiger partial charge in [-0.05, 0) is 30.7 Å². The van der Waals surface area contributed by atoms with Crippen molar-refractivity contribution in [2.24, 2.45) is 0 Å². The highest BCUT2D eigenvalue weighted by molar-refractivity contribution is 5.76. The van der Waals surface area contributed by atoms with E-state index in [0.717, 1.165) is 23.4 Å². The van der Waals surface area contributed by atoms with Crippen LogP contribution in [0.5, 0.6) is 0 Å². The number of anilines is 2. The lowest BCUT2D eigenvalue weighted by molar-refractivity contribution is 0.112. The van der Waals surface area contributed by atoms with Crippen LogP contribution in [-0.2, 0) is 0 Å². The van der Waals surface area contributed by atoms with Gasteiger partial charge in [0, 0.05) is 24.5 Å². The van der Waals surface area contributed by atoms with Gasteiger partial charge in [0.15, 0.2) is 6.29 Å². The van der Waals surface area contributed by atoms with Crippen LogP contribution in [0.3, 0.4) is 0 Å². The third kappa shape index (κ3) is 2.33. The number of benzene rings is 1. The number of hydrogen-bond donors (Lipinski definition) is 0.